The highest BCUT2D eigenvalue weighted by molar-refractivity contribution is 5.92. The smallest absolute Gasteiger partial charge is 0.287 e. The minimum absolute atomic E-state index is 0.247. The first kappa shape index (κ1) is 21.4. The zero-order chi connectivity index (χ0) is 20.5. The van der Waals surface area contributed by atoms with Crippen LogP contribution in [0.5, 0.6) is 0 Å². The molecular weight excluding hydrogens is 366 g/mol. The van der Waals surface area contributed by atoms with Crippen LogP contribution in [0.25, 0.3) is 0 Å². The van der Waals surface area contributed by atoms with Crippen LogP contribution in [-0.4, -0.2) is 31.5 Å². The molecule has 152 valence electrons. The maximum Gasteiger partial charge on any atom is 0.287 e. The Hall–Kier alpha value is -2.90. The lowest BCUT2D eigenvalue weighted by atomic mass is 10.1. The van der Waals surface area contributed by atoms with Gasteiger partial charge in [-0.15, -0.1) is 0 Å². The summed E-state index contributed by atoms with van der Waals surface area (Å²) < 4.78 is 31.6. The van der Waals surface area contributed by atoms with Gasteiger partial charge < -0.3 is 20.4 Å². The molecule has 0 spiro atoms. The van der Waals surface area contributed by atoms with Crippen LogP contribution in [0.3, 0.4) is 0 Å². The number of carbonyl (C=O) groups is 1. The summed E-state index contributed by atoms with van der Waals surface area (Å²) in [6.07, 6.45) is 2.12. The largest absolute Gasteiger partial charge is 0.459 e. The number of aryl methyl sites for hydroxylation is 1. The van der Waals surface area contributed by atoms with E-state index in [0.29, 0.717) is 43.3 Å². The van der Waals surface area contributed by atoms with E-state index in [0.717, 1.165) is 11.6 Å². The summed E-state index contributed by atoms with van der Waals surface area (Å²) >= 11 is 0. The zero-order valence-corrected chi connectivity index (χ0v) is 16.3. The summed E-state index contributed by atoms with van der Waals surface area (Å²) in [6.45, 7) is 7.19. The number of hydrogen-bond donors (Lipinski definition) is 3. The molecule has 28 heavy (non-hydrogen) atoms. The summed E-state index contributed by atoms with van der Waals surface area (Å²) in [7, 11) is 0. The molecule has 1 amide bonds. The van der Waals surface area contributed by atoms with Crippen molar-refractivity contribution < 1.29 is 18.0 Å². The van der Waals surface area contributed by atoms with Gasteiger partial charge in [-0.05, 0) is 51.0 Å². The van der Waals surface area contributed by atoms with Gasteiger partial charge in [-0.3, -0.25) is 9.79 Å². The molecule has 2 aromatic rings. The van der Waals surface area contributed by atoms with Crippen molar-refractivity contribution in [1.29, 1.82) is 0 Å². The zero-order valence-electron chi connectivity index (χ0n) is 16.3. The van der Waals surface area contributed by atoms with Crippen LogP contribution in [0, 0.1) is 18.6 Å². The van der Waals surface area contributed by atoms with Crippen molar-refractivity contribution in [3.8, 4) is 0 Å². The molecule has 0 saturated heterocycles. The molecule has 0 fully saturated rings. The molecule has 0 radical (unpaired) electrons. The third kappa shape index (κ3) is 6.07. The van der Waals surface area contributed by atoms with Crippen LogP contribution in [0.4, 0.5) is 8.78 Å². The normalized spacial score (nSPS) is 12.5. The molecule has 2 rings (SSSR count). The first-order valence-corrected chi connectivity index (χ1v) is 9.24. The number of amides is 1. The maximum absolute atomic E-state index is 13.4. The molecule has 3 N–H and O–H groups in total. The molecule has 0 aliphatic rings. The van der Waals surface area contributed by atoms with E-state index in [2.05, 4.69) is 20.9 Å². The van der Waals surface area contributed by atoms with Gasteiger partial charge in [0.2, 0.25) is 0 Å². The lowest BCUT2D eigenvalue weighted by Crippen LogP contribution is -2.39. The molecule has 0 saturated carbocycles. The molecule has 6 nitrogen and oxygen atoms in total. The fraction of sp³-hybridized carbons (Fsp3) is 0.400. The van der Waals surface area contributed by atoms with Gasteiger partial charge in [0.1, 0.15) is 0 Å². The van der Waals surface area contributed by atoms with Crippen molar-refractivity contribution in [2.24, 2.45) is 4.99 Å². The number of nitrogens with one attached hydrogen (secondary N) is 3. The number of guanidine groups is 1. The van der Waals surface area contributed by atoms with E-state index >= 15 is 0 Å². The van der Waals surface area contributed by atoms with Crippen LogP contribution >= 0.6 is 0 Å². The third-order valence-electron chi connectivity index (χ3n) is 4.10. The van der Waals surface area contributed by atoms with E-state index < -0.39 is 11.6 Å². The van der Waals surface area contributed by atoms with Crippen molar-refractivity contribution in [3.63, 3.8) is 0 Å². The summed E-state index contributed by atoms with van der Waals surface area (Å²) in [5, 5.41) is 9.06. The Labute approximate surface area is 163 Å². The van der Waals surface area contributed by atoms with Crippen molar-refractivity contribution in [3.05, 3.63) is 59.1 Å². The third-order valence-corrected chi connectivity index (χ3v) is 4.10. The van der Waals surface area contributed by atoms with Gasteiger partial charge in [-0.25, -0.2) is 8.78 Å². The Morgan fingerprint density at radius 1 is 1.21 bits per heavy atom. The minimum atomic E-state index is -0.879. The van der Waals surface area contributed by atoms with E-state index in [1.165, 1.54) is 18.4 Å². The van der Waals surface area contributed by atoms with Crippen molar-refractivity contribution >= 4 is 11.9 Å². The van der Waals surface area contributed by atoms with Crippen LogP contribution in [0.15, 0.2) is 39.9 Å². The Kier molecular flexibility index (Phi) is 7.98. The molecule has 0 aliphatic carbocycles. The van der Waals surface area contributed by atoms with Gasteiger partial charge in [0.25, 0.3) is 5.91 Å². The lowest BCUT2D eigenvalue weighted by molar-refractivity contribution is 0.0925. The second-order valence-electron chi connectivity index (χ2n) is 6.34. The average Bonchev–Trinajstić information content (AvgIpc) is 3.09. The van der Waals surface area contributed by atoms with Gasteiger partial charge in [-0.2, -0.15) is 0 Å². The maximum atomic E-state index is 13.4. The highest BCUT2D eigenvalue weighted by Crippen LogP contribution is 2.15. The Bertz CT molecular complexity index is 820. The summed E-state index contributed by atoms with van der Waals surface area (Å²) in [5.41, 5.74) is 1.41. The van der Waals surface area contributed by atoms with Gasteiger partial charge in [0.05, 0.1) is 12.3 Å². The molecular formula is C20H26F2N4O2. The Balaban J connectivity index is 1.83. The van der Waals surface area contributed by atoms with Gasteiger partial charge >= 0.3 is 0 Å². The number of furan rings is 1. The molecule has 0 aliphatic heterocycles. The topological polar surface area (TPSA) is 78.7 Å². The molecule has 1 atom stereocenters. The summed E-state index contributed by atoms with van der Waals surface area (Å²) in [4.78, 5) is 16.4. The monoisotopic (exact) mass is 392 g/mol. The molecule has 1 aromatic heterocycles. The fourth-order valence-corrected chi connectivity index (χ4v) is 2.55. The number of carbonyl (C=O) groups excluding carboxylic acids is 1. The molecule has 1 unspecified atom stereocenters. The first-order chi connectivity index (χ1) is 13.4. The van der Waals surface area contributed by atoms with Gasteiger partial charge in [0, 0.05) is 25.2 Å². The Morgan fingerprint density at radius 2 is 2.00 bits per heavy atom. The second kappa shape index (κ2) is 10.4. The Morgan fingerprint density at radius 3 is 2.64 bits per heavy atom. The molecule has 0 bridgehead atoms. The molecule has 1 heterocycles. The van der Waals surface area contributed by atoms with Crippen LogP contribution in [0.2, 0.25) is 0 Å². The number of aliphatic imine (C=N–C) groups is 1. The summed E-state index contributed by atoms with van der Waals surface area (Å²) in [5.74, 6) is -1.12. The average molecular weight is 392 g/mol. The number of halogens is 2. The van der Waals surface area contributed by atoms with E-state index in [-0.39, 0.29) is 11.9 Å². The van der Waals surface area contributed by atoms with Crippen LogP contribution in [0.1, 0.15) is 48.0 Å². The summed E-state index contributed by atoms with van der Waals surface area (Å²) in [6, 6.07) is 5.29. The number of benzene rings is 1. The highest BCUT2D eigenvalue weighted by Gasteiger charge is 2.12. The van der Waals surface area contributed by atoms with E-state index in [9.17, 15) is 13.6 Å². The predicted octanol–water partition coefficient (Wildman–Crippen LogP) is 3.30. The van der Waals surface area contributed by atoms with E-state index in [1.807, 2.05) is 20.8 Å². The van der Waals surface area contributed by atoms with Gasteiger partial charge in [-0.1, -0.05) is 6.07 Å². The molecule has 8 heteroatoms. The van der Waals surface area contributed by atoms with Crippen LogP contribution < -0.4 is 16.0 Å². The SMILES string of the molecule is CCNC(=NCCCNC(=O)c1occc1C)NC(C)c1ccc(F)c(F)c1. The van der Waals surface area contributed by atoms with Crippen molar-refractivity contribution in [2.75, 3.05) is 19.6 Å². The quantitative estimate of drug-likeness (QED) is 0.366. The minimum Gasteiger partial charge on any atom is -0.459 e. The second-order valence-corrected chi connectivity index (χ2v) is 6.34. The van der Waals surface area contributed by atoms with Gasteiger partial charge in [0.15, 0.2) is 23.4 Å². The lowest BCUT2D eigenvalue weighted by Gasteiger charge is -2.18. The fourth-order valence-electron chi connectivity index (χ4n) is 2.55. The van der Waals surface area contributed by atoms with Crippen molar-refractivity contribution in [1.82, 2.24) is 16.0 Å². The van der Waals surface area contributed by atoms with E-state index in [4.69, 9.17) is 4.42 Å². The predicted molar refractivity (Wildman–Crippen MR) is 104 cm³/mol. The highest BCUT2D eigenvalue weighted by atomic mass is 19.2. The standard InChI is InChI=1S/C20H26F2N4O2/c1-4-23-20(26-14(3)15-6-7-16(21)17(22)12-15)25-10-5-9-24-19(27)18-13(2)8-11-28-18/h6-8,11-12,14H,4-5,9-10H2,1-3H3,(H,24,27)(H2,23,25,26). The number of rotatable bonds is 8. The number of hydrogen-bond acceptors (Lipinski definition) is 3. The van der Waals surface area contributed by atoms with Crippen molar-refractivity contribution in [2.45, 2.75) is 33.2 Å². The first-order valence-electron chi connectivity index (χ1n) is 9.24. The van der Waals surface area contributed by atoms with Crippen LogP contribution in [-0.2, 0) is 0 Å². The van der Waals surface area contributed by atoms with E-state index in [1.54, 1.807) is 6.07 Å². The molecule has 1 aromatic carbocycles. The number of nitrogens with zero attached hydrogens (tertiary/aromatic N) is 1.